The van der Waals surface area contributed by atoms with Crippen LogP contribution in [0.4, 0.5) is 0 Å². The molecule has 1 atom stereocenters. The minimum absolute atomic E-state index is 0.0274. The lowest BCUT2D eigenvalue weighted by Crippen LogP contribution is -2.42. The molecule has 4 nitrogen and oxygen atoms in total. The number of nitrogens with zero attached hydrogens (tertiary/aromatic N) is 1. The van der Waals surface area contributed by atoms with Crippen molar-refractivity contribution in [3.63, 3.8) is 0 Å². The van der Waals surface area contributed by atoms with E-state index in [0.717, 1.165) is 19.3 Å². The van der Waals surface area contributed by atoms with E-state index in [4.69, 9.17) is 0 Å². The number of nitrogens with one attached hydrogen (secondary N) is 1. The zero-order valence-corrected chi connectivity index (χ0v) is 13.6. The zero-order valence-electron chi connectivity index (χ0n) is 12.8. The summed E-state index contributed by atoms with van der Waals surface area (Å²) >= 11 is 1.66. The molecule has 2 heterocycles. The highest BCUT2D eigenvalue weighted by Crippen LogP contribution is 2.25. The highest BCUT2D eigenvalue weighted by atomic mass is 32.1. The van der Waals surface area contributed by atoms with Crippen molar-refractivity contribution < 1.29 is 9.59 Å². The first-order chi connectivity index (χ1) is 10.1. The van der Waals surface area contributed by atoms with Crippen LogP contribution in [-0.4, -0.2) is 29.8 Å². The van der Waals surface area contributed by atoms with Crippen LogP contribution in [0.1, 0.15) is 50.4 Å². The molecule has 1 aliphatic rings. The molecule has 2 amide bonds. The van der Waals surface area contributed by atoms with Crippen molar-refractivity contribution in [2.75, 3.05) is 13.1 Å². The summed E-state index contributed by atoms with van der Waals surface area (Å²) < 4.78 is 0. The number of amides is 2. The van der Waals surface area contributed by atoms with E-state index in [1.165, 1.54) is 4.88 Å². The molecule has 2 rings (SSSR count). The first-order valence-corrected chi connectivity index (χ1v) is 8.56. The summed E-state index contributed by atoms with van der Waals surface area (Å²) in [5.74, 6) is 0.379. The third kappa shape index (κ3) is 4.56. The number of likely N-dealkylation sites (tertiary alicyclic amines) is 1. The normalized spacial score (nSPS) is 17.7. The molecule has 1 unspecified atom stereocenters. The van der Waals surface area contributed by atoms with Crippen molar-refractivity contribution in [3.05, 3.63) is 22.4 Å². The molecule has 1 aromatic rings. The summed E-state index contributed by atoms with van der Waals surface area (Å²) in [7, 11) is 0. The van der Waals surface area contributed by atoms with Gasteiger partial charge in [0.05, 0.1) is 12.6 Å². The number of rotatable bonds is 5. The van der Waals surface area contributed by atoms with Crippen LogP contribution >= 0.6 is 11.3 Å². The minimum Gasteiger partial charge on any atom is -0.347 e. The van der Waals surface area contributed by atoms with Gasteiger partial charge < -0.3 is 10.2 Å². The van der Waals surface area contributed by atoms with Crippen LogP contribution in [0.15, 0.2) is 17.5 Å². The molecule has 1 aromatic heterocycles. The minimum atomic E-state index is -0.0580. The molecule has 0 aliphatic carbocycles. The lowest BCUT2D eigenvalue weighted by molar-refractivity contribution is -0.135. The Hall–Kier alpha value is -1.36. The van der Waals surface area contributed by atoms with Crippen molar-refractivity contribution in [1.29, 1.82) is 0 Å². The highest BCUT2D eigenvalue weighted by molar-refractivity contribution is 7.10. The van der Waals surface area contributed by atoms with Gasteiger partial charge in [0, 0.05) is 17.8 Å². The maximum Gasteiger partial charge on any atom is 0.240 e. The van der Waals surface area contributed by atoms with Gasteiger partial charge >= 0.3 is 0 Å². The molecule has 116 valence electrons. The molecule has 5 heteroatoms. The van der Waals surface area contributed by atoms with Crippen molar-refractivity contribution >= 4 is 23.2 Å². The Bertz CT molecular complexity index is 471. The Balaban J connectivity index is 1.94. The molecule has 0 bridgehead atoms. The summed E-state index contributed by atoms with van der Waals surface area (Å²) in [5.41, 5.74) is 0. The fourth-order valence-corrected chi connectivity index (χ4v) is 3.58. The number of thiophene rings is 1. The number of carbonyl (C=O) groups is 2. The molecule has 0 saturated carbocycles. The van der Waals surface area contributed by atoms with Crippen molar-refractivity contribution in [2.45, 2.75) is 45.6 Å². The van der Waals surface area contributed by atoms with Crippen molar-refractivity contribution in [2.24, 2.45) is 5.92 Å². The van der Waals surface area contributed by atoms with Crippen LogP contribution in [0.3, 0.4) is 0 Å². The van der Waals surface area contributed by atoms with E-state index in [1.807, 2.05) is 17.5 Å². The monoisotopic (exact) mass is 308 g/mol. The van der Waals surface area contributed by atoms with Crippen molar-refractivity contribution in [3.8, 4) is 0 Å². The number of carbonyl (C=O) groups excluding carboxylic acids is 2. The SMILES string of the molecule is CC(C)C(NC(=O)CN1CCCCCC1=O)c1cccs1. The largest absolute Gasteiger partial charge is 0.347 e. The van der Waals surface area contributed by atoms with Gasteiger partial charge in [0.1, 0.15) is 0 Å². The van der Waals surface area contributed by atoms with E-state index in [1.54, 1.807) is 16.2 Å². The van der Waals surface area contributed by atoms with Crippen LogP contribution in [0.5, 0.6) is 0 Å². The van der Waals surface area contributed by atoms with Crippen LogP contribution in [0.25, 0.3) is 0 Å². The quantitative estimate of drug-likeness (QED) is 0.909. The third-order valence-electron chi connectivity index (χ3n) is 3.84. The Morgan fingerprint density at radius 2 is 2.19 bits per heavy atom. The van der Waals surface area contributed by atoms with E-state index in [9.17, 15) is 9.59 Å². The predicted octanol–water partition coefficient (Wildman–Crippen LogP) is 2.96. The van der Waals surface area contributed by atoms with Crippen LogP contribution in [-0.2, 0) is 9.59 Å². The summed E-state index contributed by atoms with van der Waals surface area (Å²) in [5, 5.41) is 5.11. The van der Waals surface area contributed by atoms with E-state index >= 15 is 0 Å². The van der Waals surface area contributed by atoms with Gasteiger partial charge in [-0.25, -0.2) is 0 Å². The van der Waals surface area contributed by atoms with Gasteiger partial charge in [0.2, 0.25) is 11.8 Å². The fraction of sp³-hybridized carbons (Fsp3) is 0.625. The second kappa shape index (κ2) is 7.59. The van der Waals surface area contributed by atoms with Gasteiger partial charge in [-0.2, -0.15) is 0 Å². The van der Waals surface area contributed by atoms with Gasteiger partial charge in [-0.15, -0.1) is 11.3 Å². The number of hydrogen-bond donors (Lipinski definition) is 1. The van der Waals surface area contributed by atoms with E-state index < -0.39 is 0 Å². The van der Waals surface area contributed by atoms with E-state index in [-0.39, 0.29) is 24.4 Å². The van der Waals surface area contributed by atoms with E-state index in [2.05, 4.69) is 19.2 Å². The van der Waals surface area contributed by atoms with Gasteiger partial charge in [-0.3, -0.25) is 9.59 Å². The topological polar surface area (TPSA) is 49.4 Å². The second-order valence-corrected chi connectivity index (χ2v) is 6.91. The molecule has 21 heavy (non-hydrogen) atoms. The predicted molar refractivity (Wildman–Crippen MR) is 85.1 cm³/mol. The average Bonchev–Trinajstić information content (AvgIpc) is 2.89. The van der Waals surface area contributed by atoms with Gasteiger partial charge in [-0.1, -0.05) is 26.3 Å². The fourth-order valence-electron chi connectivity index (χ4n) is 2.63. The van der Waals surface area contributed by atoms with Gasteiger partial charge in [0.25, 0.3) is 0 Å². The maximum atomic E-state index is 12.3. The van der Waals surface area contributed by atoms with E-state index in [0.29, 0.717) is 18.9 Å². The van der Waals surface area contributed by atoms with Gasteiger partial charge in [0.15, 0.2) is 0 Å². The summed E-state index contributed by atoms with van der Waals surface area (Å²) in [6.07, 6.45) is 3.60. The Labute approximate surface area is 130 Å². The molecule has 0 aromatic carbocycles. The lowest BCUT2D eigenvalue weighted by atomic mass is 10.0. The Morgan fingerprint density at radius 1 is 1.38 bits per heavy atom. The van der Waals surface area contributed by atoms with Crippen LogP contribution in [0, 0.1) is 5.92 Å². The van der Waals surface area contributed by atoms with Crippen molar-refractivity contribution in [1.82, 2.24) is 10.2 Å². The smallest absolute Gasteiger partial charge is 0.240 e. The average molecular weight is 308 g/mol. The zero-order chi connectivity index (χ0) is 15.2. The Morgan fingerprint density at radius 3 is 2.86 bits per heavy atom. The Kier molecular flexibility index (Phi) is 5.79. The van der Waals surface area contributed by atoms with Crippen LogP contribution in [0.2, 0.25) is 0 Å². The molecule has 0 spiro atoms. The standard InChI is InChI=1S/C16H24N2O2S/c1-12(2)16(13-7-6-10-21-13)17-14(19)11-18-9-5-3-4-8-15(18)20/h6-7,10,12,16H,3-5,8-9,11H2,1-2H3,(H,17,19). The summed E-state index contributed by atoms with van der Waals surface area (Å²) in [4.78, 5) is 27.1. The molecular formula is C16H24N2O2S. The molecule has 1 saturated heterocycles. The number of hydrogen-bond acceptors (Lipinski definition) is 3. The highest BCUT2D eigenvalue weighted by Gasteiger charge is 2.23. The maximum absolute atomic E-state index is 12.3. The summed E-state index contributed by atoms with van der Waals surface area (Å²) in [6.45, 7) is 5.09. The molecule has 1 fully saturated rings. The van der Waals surface area contributed by atoms with Gasteiger partial charge in [-0.05, 0) is 30.2 Å². The molecule has 0 radical (unpaired) electrons. The molecule has 1 aliphatic heterocycles. The first-order valence-electron chi connectivity index (χ1n) is 7.68. The molecular weight excluding hydrogens is 284 g/mol. The lowest BCUT2D eigenvalue weighted by Gasteiger charge is -2.24. The third-order valence-corrected chi connectivity index (χ3v) is 4.79. The van der Waals surface area contributed by atoms with Crippen LogP contribution < -0.4 is 5.32 Å². The molecule has 1 N–H and O–H groups in total. The second-order valence-electron chi connectivity index (χ2n) is 5.93. The summed E-state index contributed by atoms with van der Waals surface area (Å²) in [6, 6.07) is 4.08. The first kappa shape index (κ1) is 16.0.